The Morgan fingerprint density at radius 3 is 2.27 bits per heavy atom. The van der Waals surface area contributed by atoms with Gasteiger partial charge < -0.3 is 11.1 Å². The van der Waals surface area contributed by atoms with Gasteiger partial charge in [-0.05, 0) is 11.6 Å². The van der Waals surface area contributed by atoms with E-state index in [-0.39, 0.29) is 17.6 Å². The lowest BCUT2D eigenvalue weighted by Crippen LogP contribution is -2.36. The van der Waals surface area contributed by atoms with E-state index in [2.05, 4.69) is 5.32 Å². The van der Waals surface area contributed by atoms with Crippen LogP contribution in [0, 0.1) is 5.92 Å². The molecule has 0 aromatic heterocycles. The molecule has 2 aromatic carbocycles. The van der Waals surface area contributed by atoms with Gasteiger partial charge in [0.2, 0.25) is 0 Å². The van der Waals surface area contributed by atoms with Crippen molar-refractivity contribution >= 4 is 29.0 Å². The molecule has 1 unspecified atom stereocenters. The van der Waals surface area contributed by atoms with E-state index in [1.807, 2.05) is 24.3 Å². The molecule has 0 amide bonds. The molecule has 2 aliphatic rings. The standard InChI is InChI=1S/C18H14N2O2/c19-13-7-3-4-10-8-9-14(20-16(10)13)15-17(21)11-5-1-2-6-12(11)18(15)22/h1-9,14-15,20H,19H2. The molecule has 0 bridgehead atoms. The van der Waals surface area contributed by atoms with Crippen molar-refractivity contribution in [1.82, 2.24) is 0 Å². The van der Waals surface area contributed by atoms with Gasteiger partial charge in [-0.25, -0.2) is 0 Å². The minimum absolute atomic E-state index is 0.124. The Morgan fingerprint density at radius 1 is 0.909 bits per heavy atom. The lowest BCUT2D eigenvalue weighted by molar-refractivity contribution is 0.0833. The van der Waals surface area contributed by atoms with Crippen molar-refractivity contribution in [3.63, 3.8) is 0 Å². The van der Waals surface area contributed by atoms with Gasteiger partial charge in [0.15, 0.2) is 11.6 Å². The van der Waals surface area contributed by atoms with Gasteiger partial charge in [0.1, 0.15) is 5.92 Å². The number of rotatable bonds is 1. The van der Waals surface area contributed by atoms with E-state index in [1.165, 1.54) is 0 Å². The zero-order valence-corrected chi connectivity index (χ0v) is 11.7. The van der Waals surface area contributed by atoms with Crippen LogP contribution in [-0.4, -0.2) is 17.6 Å². The predicted octanol–water partition coefficient (Wildman–Crippen LogP) is 2.77. The highest BCUT2D eigenvalue weighted by Gasteiger charge is 2.43. The molecule has 2 aromatic rings. The molecule has 1 atom stereocenters. The van der Waals surface area contributed by atoms with Crippen LogP contribution in [0.3, 0.4) is 0 Å². The minimum Gasteiger partial charge on any atom is -0.397 e. The predicted molar refractivity (Wildman–Crippen MR) is 85.9 cm³/mol. The lowest BCUT2D eigenvalue weighted by atomic mass is 9.90. The number of para-hydroxylation sites is 1. The fourth-order valence-electron chi connectivity index (χ4n) is 3.20. The average molecular weight is 290 g/mol. The Bertz CT molecular complexity index is 804. The third kappa shape index (κ3) is 1.70. The summed E-state index contributed by atoms with van der Waals surface area (Å²) in [6.45, 7) is 0. The number of nitrogens with two attached hydrogens (primary N) is 1. The maximum atomic E-state index is 12.6. The lowest BCUT2D eigenvalue weighted by Gasteiger charge is -2.26. The van der Waals surface area contributed by atoms with Crippen LogP contribution in [0.25, 0.3) is 6.08 Å². The maximum Gasteiger partial charge on any atom is 0.176 e. The average Bonchev–Trinajstić information content (AvgIpc) is 2.80. The zero-order chi connectivity index (χ0) is 15.3. The molecule has 0 saturated carbocycles. The summed E-state index contributed by atoms with van der Waals surface area (Å²) in [5.41, 5.74) is 9.38. The van der Waals surface area contributed by atoms with E-state index < -0.39 is 5.92 Å². The minimum atomic E-state index is -0.721. The number of carbonyl (C=O) groups is 2. The molecular formula is C18H14N2O2. The van der Waals surface area contributed by atoms with Crippen LogP contribution in [0.1, 0.15) is 26.3 Å². The van der Waals surface area contributed by atoms with E-state index in [9.17, 15) is 9.59 Å². The first-order chi connectivity index (χ1) is 10.7. The van der Waals surface area contributed by atoms with Gasteiger partial charge in [-0.1, -0.05) is 48.6 Å². The molecule has 0 saturated heterocycles. The second-order valence-corrected chi connectivity index (χ2v) is 5.59. The number of anilines is 2. The van der Waals surface area contributed by atoms with Crippen LogP contribution >= 0.6 is 0 Å². The van der Waals surface area contributed by atoms with E-state index in [1.54, 1.807) is 30.3 Å². The largest absolute Gasteiger partial charge is 0.397 e. The smallest absolute Gasteiger partial charge is 0.176 e. The summed E-state index contributed by atoms with van der Waals surface area (Å²) in [6, 6.07) is 12.2. The van der Waals surface area contributed by atoms with E-state index in [4.69, 9.17) is 5.73 Å². The summed E-state index contributed by atoms with van der Waals surface area (Å²) in [5, 5.41) is 3.25. The zero-order valence-electron chi connectivity index (χ0n) is 11.7. The van der Waals surface area contributed by atoms with Crippen molar-refractivity contribution in [2.75, 3.05) is 11.1 Å². The molecule has 4 nitrogen and oxygen atoms in total. The van der Waals surface area contributed by atoms with Crippen molar-refractivity contribution in [3.8, 4) is 0 Å². The van der Waals surface area contributed by atoms with Gasteiger partial charge in [0.05, 0.1) is 17.4 Å². The number of benzene rings is 2. The third-order valence-electron chi connectivity index (χ3n) is 4.31. The highest BCUT2D eigenvalue weighted by molar-refractivity contribution is 6.27. The van der Waals surface area contributed by atoms with Crippen molar-refractivity contribution < 1.29 is 9.59 Å². The van der Waals surface area contributed by atoms with Crippen LogP contribution < -0.4 is 11.1 Å². The summed E-state index contributed by atoms with van der Waals surface area (Å²) in [6.07, 6.45) is 3.78. The summed E-state index contributed by atoms with van der Waals surface area (Å²) in [7, 11) is 0. The molecule has 0 fully saturated rings. The van der Waals surface area contributed by atoms with E-state index in [0.29, 0.717) is 16.8 Å². The van der Waals surface area contributed by atoms with Gasteiger partial charge >= 0.3 is 0 Å². The Labute approximate surface area is 127 Å². The summed E-state index contributed by atoms with van der Waals surface area (Å²) in [5.74, 6) is -0.970. The Kier molecular flexibility index (Phi) is 2.66. The van der Waals surface area contributed by atoms with E-state index >= 15 is 0 Å². The number of hydrogen-bond acceptors (Lipinski definition) is 4. The van der Waals surface area contributed by atoms with Crippen LogP contribution in [0.5, 0.6) is 0 Å². The SMILES string of the molecule is Nc1cccc2c1NC(C1C(=O)c3ccccc3C1=O)C=C2. The van der Waals surface area contributed by atoms with Gasteiger partial charge in [-0.3, -0.25) is 9.59 Å². The quantitative estimate of drug-likeness (QED) is 0.625. The normalized spacial score (nSPS) is 19.7. The Morgan fingerprint density at radius 2 is 1.59 bits per heavy atom. The van der Waals surface area contributed by atoms with Crippen LogP contribution in [0.15, 0.2) is 48.5 Å². The number of hydrogen-bond donors (Lipinski definition) is 2. The van der Waals surface area contributed by atoms with E-state index in [0.717, 1.165) is 11.3 Å². The molecule has 108 valence electrons. The molecule has 4 heteroatoms. The summed E-state index contributed by atoms with van der Waals surface area (Å²) >= 11 is 0. The summed E-state index contributed by atoms with van der Waals surface area (Å²) in [4.78, 5) is 25.2. The fraction of sp³-hybridized carbons (Fsp3) is 0.111. The molecule has 1 aliphatic heterocycles. The van der Waals surface area contributed by atoms with Crippen molar-refractivity contribution in [1.29, 1.82) is 0 Å². The second kappa shape index (κ2) is 4.56. The Balaban J connectivity index is 1.73. The molecule has 0 radical (unpaired) electrons. The van der Waals surface area contributed by atoms with Gasteiger partial charge in [-0.2, -0.15) is 0 Å². The van der Waals surface area contributed by atoms with Crippen LogP contribution in [0.2, 0.25) is 0 Å². The van der Waals surface area contributed by atoms with Gasteiger partial charge in [0, 0.05) is 11.1 Å². The van der Waals surface area contributed by atoms with Crippen LogP contribution in [-0.2, 0) is 0 Å². The fourth-order valence-corrected chi connectivity index (χ4v) is 3.20. The van der Waals surface area contributed by atoms with Crippen molar-refractivity contribution in [2.24, 2.45) is 5.92 Å². The molecule has 4 rings (SSSR count). The highest BCUT2D eigenvalue weighted by atomic mass is 16.2. The summed E-state index contributed by atoms with van der Waals surface area (Å²) < 4.78 is 0. The first kappa shape index (κ1) is 12.8. The second-order valence-electron chi connectivity index (χ2n) is 5.59. The molecule has 1 aliphatic carbocycles. The maximum absolute atomic E-state index is 12.6. The molecule has 0 spiro atoms. The number of fused-ring (bicyclic) bond motifs is 2. The number of nitrogen functional groups attached to an aromatic ring is 1. The monoisotopic (exact) mass is 290 g/mol. The number of carbonyl (C=O) groups excluding carboxylic acids is 2. The first-order valence-electron chi connectivity index (χ1n) is 7.17. The third-order valence-corrected chi connectivity index (χ3v) is 4.31. The molecule has 1 heterocycles. The molecular weight excluding hydrogens is 276 g/mol. The van der Waals surface area contributed by atoms with Crippen molar-refractivity contribution in [3.05, 3.63) is 65.2 Å². The topological polar surface area (TPSA) is 72.2 Å². The molecule has 3 N–H and O–H groups in total. The highest BCUT2D eigenvalue weighted by Crippen LogP contribution is 2.35. The number of nitrogens with one attached hydrogen (secondary N) is 1. The Hall–Kier alpha value is -2.88. The van der Waals surface area contributed by atoms with Gasteiger partial charge in [0.25, 0.3) is 0 Å². The molecule has 22 heavy (non-hydrogen) atoms. The van der Waals surface area contributed by atoms with Crippen molar-refractivity contribution in [2.45, 2.75) is 6.04 Å². The van der Waals surface area contributed by atoms with Crippen LogP contribution in [0.4, 0.5) is 11.4 Å². The van der Waals surface area contributed by atoms with Gasteiger partial charge in [-0.15, -0.1) is 0 Å². The number of Topliss-reactive ketones (excluding diaryl/α,β-unsaturated/α-hetero) is 2. The number of ketones is 2. The first-order valence-corrected chi connectivity index (χ1v) is 7.17.